The van der Waals surface area contributed by atoms with Gasteiger partial charge in [-0.25, -0.2) is 4.98 Å². The van der Waals surface area contributed by atoms with Crippen LogP contribution in [-0.4, -0.2) is 4.98 Å². The minimum atomic E-state index is 0.968. The summed E-state index contributed by atoms with van der Waals surface area (Å²) in [5.41, 5.74) is 15.1. The van der Waals surface area contributed by atoms with Gasteiger partial charge in [-0.05, 0) is 84.3 Å². The van der Waals surface area contributed by atoms with Gasteiger partial charge in [0, 0.05) is 16.7 Å². The van der Waals surface area contributed by atoms with Crippen LogP contribution in [0.3, 0.4) is 0 Å². The van der Waals surface area contributed by atoms with E-state index < -0.39 is 0 Å². The minimum absolute atomic E-state index is 0.968. The van der Waals surface area contributed by atoms with Crippen LogP contribution >= 0.6 is 0 Å². The van der Waals surface area contributed by atoms with Crippen molar-refractivity contribution in [2.24, 2.45) is 0 Å². The fourth-order valence-corrected chi connectivity index (χ4v) is 8.37. The second kappa shape index (κ2) is 13.7. The van der Waals surface area contributed by atoms with E-state index in [2.05, 4.69) is 207 Å². The predicted octanol–water partition coefficient (Wildman–Crippen LogP) is 14.9. The molecular formula is C54H37N. The number of aromatic nitrogens is 1. The molecule has 1 nitrogen and oxygen atoms in total. The summed E-state index contributed by atoms with van der Waals surface area (Å²) in [5.74, 6) is 0. The summed E-state index contributed by atoms with van der Waals surface area (Å²) in [6.07, 6.45) is 0. The molecule has 55 heavy (non-hydrogen) atoms. The highest BCUT2D eigenvalue weighted by Gasteiger charge is 2.20. The van der Waals surface area contributed by atoms with Gasteiger partial charge in [0.25, 0.3) is 0 Å². The second-order valence-corrected chi connectivity index (χ2v) is 14.3. The maximum atomic E-state index is 5.24. The number of nitrogens with zero attached hydrogens (tertiary/aromatic N) is 1. The third kappa shape index (κ3) is 5.78. The molecule has 9 aromatic carbocycles. The molecule has 0 bridgehead atoms. The third-order valence-electron chi connectivity index (χ3n) is 11.0. The summed E-state index contributed by atoms with van der Waals surface area (Å²) in [4.78, 5) is 5.24. The van der Waals surface area contributed by atoms with E-state index in [0.29, 0.717) is 0 Å². The fraction of sp³-hybridized carbons (Fsp3) is 0.0185. The highest BCUT2D eigenvalue weighted by Crippen LogP contribution is 2.47. The molecule has 0 saturated carbocycles. The summed E-state index contributed by atoms with van der Waals surface area (Å²) < 4.78 is 0. The molecule has 0 aliphatic carbocycles. The van der Waals surface area contributed by atoms with Crippen LogP contribution in [0.15, 0.2) is 206 Å². The zero-order valence-corrected chi connectivity index (χ0v) is 30.6. The van der Waals surface area contributed by atoms with E-state index >= 15 is 0 Å². The van der Waals surface area contributed by atoms with E-state index in [9.17, 15) is 0 Å². The number of benzene rings is 9. The SMILES string of the molecule is Cc1ccc2c(-c3ccc(-c4ccccc4)c4ccccc34)c3ccccc3c(-c3ccc(-c4ccc(-c5ccccc5)nc4-c4ccccc4)cc3)c2c1. The van der Waals surface area contributed by atoms with Crippen LogP contribution in [0.5, 0.6) is 0 Å². The number of hydrogen-bond acceptors (Lipinski definition) is 1. The summed E-state index contributed by atoms with van der Waals surface area (Å²) >= 11 is 0. The molecule has 10 aromatic rings. The maximum absolute atomic E-state index is 5.24. The van der Waals surface area contributed by atoms with Crippen LogP contribution in [0.1, 0.15) is 5.56 Å². The van der Waals surface area contributed by atoms with Gasteiger partial charge in [0.05, 0.1) is 11.4 Å². The lowest BCUT2D eigenvalue weighted by atomic mass is 9.83. The van der Waals surface area contributed by atoms with Gasteiger partial charge in [0.2, 0.25) is 0 Å². The normalized spacial score (nSPS) is 11.4. The zero-order valence-electron chi connectivity index (χ0n) is 30.6. The summed E-state index contributed by atoms with van der Waals surface area (Å²) in [5, 5.41) is 7.54. The van der Waals surface area contributed by atoms with Crippen molar-refractivity contribution in [1.29, 1.82) is 0 Å². The van der Waals surface area contributed by atoms with Gasteiger partial charge in [-0.3, -0.25) is 0 Å². The van der Waals surface area contributed by atoms with E-state index in [1.807, 2.05) is 6.07 Å². The summed E-state index contributed by atoms with van der Waals surface area (Å²) in [6.45, 7) is 2.20. The number of pyridine rings is 1. The van der Waals surface area contributed by atoms with Gasteiger partial charge in [-0.15, -0.1) is 0 Å². The molecule has 0 N–H and O–H groups in total. The Hall–Kier alpha value is -7.09. The predicted molar refractivity (Wildman–Crippen MR) is 234 cm³/mol. The molecule has 0 spiro atoms. The van der Waals surface area contributed by atoms with Crippen LogP contribution in [0, 0.1) is 6.92 Å². The molecule has 0 unspecified atom stereocenters. The van der Waals surface area contributed by atoms with Gasteiger partial charge in [0.15, 0.2) is 0 Å². The highest BCUT2D eigenvalue weighted by molar-refractivity contribution is 6.24. The van der Waals surface area contributed by atoms with E-state index in [0.717, 1.165) is 33.6 Å². The Morgan fingerprint density at radius 3 is 1.44 bits per heavy atom. The number of aryl methyl sites for hydroxylation is 1. The lowest BCUT2D eigenvalue weighted by Crippen LogP contribution is -1.94. The van der Waals surface area contributed by atoms with Gasteiger partial charge in [-0.2, -0.15) is 0 Å². The van der Waals surface area contributed by atoms with Gasteiger partial charge < -0.3 is 0 Å². The average Bonchev–Trinajstić information content (AvgIpc) is 3.26. The number of hydrogen-bond donors (Lipinski definition) is 0. The molecule has 1 aromatic heterocycles. The van der Waals surface area contributed by atoms with Crippen LogP contribution in [0.4, 0.5) is 0 Å². The van der Waals surface area contributed by atoms with Gasteiger partial charge in [-0.1, -0.05) is 206 Å². The number of rotatable bonds is 6. The zero-order chi connectivity index (χ0) is 36.7. The molecule has 1 heteroatoms. The summed E-state index contributed by atoms with van der Waals surface area (Å²) in [6, 6.07) is 74.6. The smallest absolute Gasteiger partial charge is 0.0787 e. The molecule has 0 saturated heterocycles. The standard InChI is InChI=1S/C54H37N/c1-36-25-30-49-50(35-36)52(40-28-26-38(27-29-40)43-33-34-51(39-17-7-3-8-18-39)55-54(43)41-19-9-4-10-20-41)46-23-13-14-24-47(46)53(49)48-32-31-42(37-15-5-2-6-16-37)44-21-11-12-22-45(44)48/h2-35H,1H3. The first-order chi connectivity index (χ1) is 27.2. The van der Waals surface area contributed by atoms with E-state index in [1.54, 1.807) is 0 Å². The van der Waals surface area contributed by atoms with Crippen molar-refractivity contribution in [2.45, 2.75) is 6.92 Å². The Kier molecular flexibility index (Phi) is 8.12. The summed E-state index contributed by atoms with van der Waals surface area (Å²) in [7, 11) is 0. The quantitative estimate of drug-likeness (QED) is 0.157. The highest BCUT2D eigenvalue weighted by atomic mass is 14.7. The second-order valence-electron chi connectivity index (χ2n) is 14.3. The van der Waals surface area contributed by atoms with Gasteiger partial charge >= 0.3 is 0 Å². The Labute approximate surface area is 321 Å². The molecule has 10 rings (SSSR count). The molecular weight excluding hydrogens is 663 g/mol. The van der Waals surface area contributed by atoms with Crippen molar-refractivity contribution in [3.63, 3.8) is 0 Å². The Morgan fingerprint density at radius 2 is 0.764 bits per heavy atom. The van der Waals surface area contributed by atoms with Crippen LogP contribution in [-0.2, 0) is 0 Å². The van der Waals surface area contributed by atoms with Crippen molar-refractivity contribution in [3.8, 4) is 67.0 Å². The van der Waals surface area contributed by atoms with E-state index in [1.165, 1.54) is 71.3 Å². The van der Waals surface area contributed by atoms with E-state index in [4.69, 9.17) is 4.98 Å². The Balaban J connectivity index is 1.16. The van der Waals surface area contributed by atoms with Gasteiger partial charge in [0.1, 0.15) is 0 Å². The molecule has 0 amide bonds. The monoisotopic (exact) mass is 699 g/mol. The van der Waals surface area contributed by atoms with Crippen molar-refractivity contribution in [3.05, 3.63) is 212 Å². The lowest BCUT2D eigenvalue weighted by Gasteiger charge is -2.20. The molecule has 0 aliphatic heterocycles. The molecule has 0 fully saturated rings. The first-order valence-electron chi connectivity index (χ1n) is 19.0. The van der Waals surface area contributed by atoms with E-state index in [-0.39, 0.29) is 0 Å². The Morgan fingerprint density at radius 1 is 0.291 bits per heavy atom. The largest absolute Gasteiger partial charge is 0.247 e. The van der Waals surface area contributed by atoms with Crippen LogP contribution in [0.2, 0.25) is 0 Å². The van der Waals surface area contributed by atoms with Crippen molar-refractivity contribution in [2.75, 3.05) is 0 Å². The van der Waals surface area contributed by atoms with Crippen LogP contribution < -0.4 is 0 Å². The average molecular weight is 700 g/mol. The molecule has 0 atom stereocenters. The molecule has 1 heterocycles. The number of fused-ring (bicyclic) bond motifs is 3. The molecule has 0 radical (unpaired) electrons. The first kappa shape index (κ1) is 32.6. The van der Waals surface area contributed by atoms with Crippen LogP contribution in [0.25, 0.3) is 99.3 Å². The lowest BCUT2D eigenvalue weighted by molar-refractivity contribution is 1.32. The van der Waals surface area contributed by atoms with Crippen molar-refractivity contribution >= 4 is 32.3 Å². The molecule has 258 valence electrons. The fourth-order valence-electron chi connectivity index (χ4n) is 8.37. The topological polar surface area (TPSA) is 12.9 Å². The first-order valence-corrected chi connectivity index (χ1v) is 19.0. The molecule has 0 aliphatic rings. The minimum Gasteiger partial charge on any atom is -0.247 e. The maximum Gasteiger partial charge on any atom is 0.0787 e. The third-order valence-corrected chi connectivity index (χ3v) is 11.0. The van der Waals surface area contributed by atoms with Crippen molar-refractivity contribution in [1.82, 2.24) is 4.98 Å². The Bertz CT molecular complexity index is 3000. The van der Waals surface area contributed by atoms with Crippen molar-refractivity contribution < 1.29 is 0 Å².